The van der Waals surface area contributed by atoms with Gasteiger partial charge in [0, 0.05) is 23.8 Å². The summed E-state index contributed by atoms with van der Waals surface area (Å²) in [4.78, 5) is 0. The van der Waals surface area contributed by atoms with Crippen molar-refractivity contribution in [1.82, 2.24) is 9.78 Å². The first-order chi connectivity index (χ1) is 7.99. The van der Waals surface area contributed by atoms with Crippen molar-refractivity contribution in [3.63, 3.8) is 0 Å². The molecule has 1 N–H and O–H groups in total. The third-order valence-electron chi connectivity index (χ3n) is 2.86. The van der Waals surface area contributed by atoms with Gasteiger partial charge >= 0.3 is 0 Å². The zero-order valence-corrected chi connectivity index (χ0v) is 10.9. The molecule has 2 rings (SSSR count). The van der Waals surface area contributed by atoms with Gasteiger partial charge in [-0.25, -0.2) is 0 Å². The summed E-state index contributed by atoms with van der Waals surface area (Å²) in [7, 11) is 1.84. The Morgan fingerprint density at radius 3 is 2.59 bits per heavy atom. The van der Waals surface area contributed by atoms with Gasteiger partial charge in [-0.1, -0.05) is 23.7 Å². The maximum absolute atomic E-state index is 10.3. The van der Waals surface area contributed by atoms with E-state index in [1.807, 2.05) is 39.2 Å². The lowest BCUT2D eigenvalue weighted by Gasteiger charge is -2.11. The minimum absolute atomic E-state index is 0.670. The molecule has 0 saturated heterocycles. The van der Waals surface area contributed by atoms with Gasteiger partial charge < -0.3 is 5.11 Å². The van der Waals surface area contributed by atoms with Gasteiger partial charge in [0.25, 0.3) is 0 Å². The number of halogens is 1. The quantitative estimate of drug-likeness (QED) is 0.890. The summed E-state index contributed by atoms with van der Waals surface area (Å²) in [6.07, 6.45) is 1.15. The highest BCUT2D eigenvalue weighted by atomic mass is 35.5. The van der Waals surface area contributed by atoms with Crippen LogP contribution in [0.1, 0.15) is 28.5 Å². The summed E-state index contributed by atoms with van der Waals surface area (Å²) in [5, 5.41) is 15.2. The molecule has 0 aliphatic rings. The Morgan fingerprint density at radius 2 is 2.06 bits per heavy atom. The molecule has 17 heavy (non-hydrogen) atoms. The number of aryl methyl sites for hydroxylation is 3. The van der Waals surface area contributed by atoms with E-state index in [1.165, 1.54) is 0 Å². The normalized spacial score (nSPS) is 12.8. The minimum Gasteiger partial charge on any atom is -0.384 e. The van der Waals surface area contributed by atoms with Gasteiger partial charge in [0.1, 0.15) is 6.10 Å². The van der Waals surface area contributed by atoms with Crippen LogP contribution in [0.2, 0.25) is 5.02 Å². The van der Waals surface area contributed by atoms with Gasteiger partial charge in [-0.3, -0.25) is 4.68 Å². The number of hydrogen-bond acceptors (Lipinski definition) is 2. The first kappa shape index (κ1) is 12.1. The molecule has 0 saturated carbocycles. The molecule has 90 valence electrons. The van der Waals surface area contributed by atoms with Gasteiger partial charge in [0.2, 0.25) is 0 Å². The van der Waals surface area contributed by atoms with E-state index < -0.39 is 6.10 Å². The van der Waals surface area contributed by atoms with Crippen LogP contribution in [0.25, 0.3) is 0 Å². The molecule has 1 aromatic carbocycles. The van der Waals surface area contributed by atoms with Gasteiger partial charge in [-0.15, -0.1) is 0 Å². The standard InChI is InChI=1S/C13H15ClN2O/c1-8-4-5-10(6-12(8)14)13(17)11-7-16(3)15-9(11)2/h4-7,13,17H,1-3H3. The molecule has 0 bridgehead atoms. The second-order valence-corrected chi connectivity index (χ2v) is 4.66. The van der Waals surface area contributed by atoms with Crippen LogP contribution in [0.5, 0.6) is 0 Å². The van der Waals surface area contributed by atoms with E-state index in [1.54, 1.807) is 10.7 Å². The van der Waals surface area contributed by atoms with Crippen molar-refractivity contribution in [2.45, 2.75) is 20.0 Å². The van der Waals surface area contributed by atoms with E-state index in [4.69, 9.17) is 11.6 Å². The van der Waals surface area contributed by atoms with Crippen molar-refractivity contribution in [2.24, 2.45) is 7.05 Å². The van der Waals surface area contributed by atoms with Crippen molar-refractivity contribution < 1.29 is 5.11 Å². The van der Waals surface area contributed by atoms with Gasteiger partial charge in [-0.05, 0) is 31.0 Å². The molecule has 0 radical (unpaired) electrons. The van der Waals surface area contributed by atoms with E-state index in [-0.39, 0.29) is 0 Å². The smallest absolute Gasteiger partial charge is 0.107 e. The topological polar surface area (TPSA) is 38.0 Å². The fourth-order valence-corrected chi connectivity index (χ4v) is 2.03. The van der Waals surface area contributed by atoms with Gasteiger partial charge in [0.05, 0.1) is 5.69 Å². The molecule has 0 spiro atoms. The molecule has 1 aromatic heterocycles. The Labute approximate surface area is 106 Å². The van der Waals surface area contributed by atoms with E-state index in [0.717, 1.165) is 22.4 Å². The molecule has 1 atom stereocenters. The zero-order valence-electron chi connectivity index (χ0n) is 10.1. The lowest BCUT2D eigenvalue weighted by molar-refractivity contribution is 0.219. The maximum Gasteiger partial charge on any atom is 0.107 e. The molecule has 4 heteroatoms. The molecule has 1 unspecified atom stereocenters. The molecule has 3 nitrogen and oxygen atoms in total. The second kappa shape index (κ2) is 4.51. The highest BCUT2D eigenvalue weighted by molar-refractivity contribution is 6.31. The SMILES string of the molecule is Cc1ccc(C(O)c2cn(C)nc2C)cc1Cl. The van der Waals surface area contributed by atoms with Crippen molar-refractivity contribution >= 4 is 11.6 Å². The van der Waals surface area contributed by atoms with E-state index in [2.05, 4.69) is 5.10 Å². The van der Waals surface area contributed by atoms with Crippen molar-refractivity contribution in [1.29, 1.82) is 0 Å². The molecule has 2 aromatic rings. The average Bonchev–Trinajstić information content (AvgIpc) is 2.61. The lowest BCUT2D eigenvalue weighted by atomic mass is 10.0. The predicted octanol–water partition coefficient (Wildman–Crippen LogP) is 2.77. The average molecular weight is 251 g/mol. The largest absolute Gasteiger partial charge is 0.384 e. The Hall–Kier alpha value is -1.32. The number of rotatable bonds is 2. The third kappa shape index (κ3) is 2.35. The zero-order chi connectivity index (χ0) is 12.6. The Balaban J connectivity index is 2.40. The summed E-state index contributed by atoms with van der Waals surface area (Å²) in [6.45, 7) is 3.82. The van der Waals surface area contributed by atoms with Crippen molar-refractivity contribution in [3.8, 4) is 0 Å². The highest BCUT2D eigenvalue weighted by Crippen LogP contribution is 2.27. The first-order valence-corrected chi connectivity index (χ1v) is 5.81. The maximum atomic E-state index is 10.3. The van der Waals surface area contributed by atoms with Crippen LogP contribution in [0, 0.1) is 13.8 Å². The number of aliphatic hydroxyl groups is 1. The number of hydrogen-bond donors (Lipinski definition) is 1. The number of nitrogens with zero attached hydrogens (tertiary/aromatic N) is 2. The van der Waals surface area contributed by atoms with Crippen molar-refractivity contribution in [2.75, 3.05) is 0 Å². The molecule has 0 aliphatic heterocycles. The molecular formula is C13H15ClN2O. The van der Waals surface area contributed by atoms with Crippen molar-refractivity contribution in [3.05, 3.63) is 51.8 Å². The number of benzene rings is 1. The summed E-state index contributed by atoms with van der Waals surface area (Å²) in [6, 6.07) is 5.60. The molecule has 0 amide bonds. The van der Waals surface area contributed by atoms with E-state index >= 15 is 0 Å². The minimum atomic E-state index is -0.679. The molecule has 0 aliphatic carbocycles. The van der Waals surface area contributed by atoms with Gasteiger partial charge in [-0.2, -0.15) is 5.10 Å². The number of aromatic nitrogens is 2. The lowest BCUT2D eigenvalue weighted by Crippen LogP contribution is -2.00. The van der Waals surface area contributed by atoms with E-state index in [9.17, 15) is 5.11 Å². The van der Waals surface area contributed by atoms with Crippen LogP contribution in [0.15, 0.2) is 24.4 Å². The Bertz CT molecular complexity index is 548. The fraction of sp³-hybridized carbons (Fsp3) is 0.308. The van der Waals surface area contributed by atoms with Crippen LogP contribution in [-0.4, -0.2) is 14.9 Å². The molecular weight excluding hydrogens is 236 g/mol. The second-order valence-electron chi connectivity index (χ2n) is 4.25. The summed E-state index contributed by atoms with van der Waals surface area (Å²) < 4.78 is 1.70. The van der Waals surface area contributed by atoms with Gasteiger partial charge in [0.15, 0.2) is 0 Å². The Kier molecular flexibility index (Phi) is 3.22. The monoisotopic (exact) mass is 250 g/mol. The molecule has 0 fully saturated rings. The Morgan fingerprint density at radius 1 is 1.35 bits per heavy atom. The number of aliphatic hydroxyl groups excluding tert-OH is 1. The summed E-state index contributed by atoms with van der Waals surface area (Å²) in [5.74, 6) is 0. The van der Waals surface area contributed by atoms with Crippen LogP contribution in [-0.2, 0) is 7.05 Å². The highest BCUT2D eigenvalue weighted by Gasteiger charge is 2.16. The van der Waals surface area contributed by atoms with E-state index in [0.29, 0.717) is 5.02 Å². The predicted molar refractivity (Wildman–Crippen MR) is 68.2 cm³/mol. The fourth-order valence-electron chi connectivity index (χ4n) is 1.85. The van der Waals surface area contributed by atoms with Crippen LogP contribution >= 0.6 is 11.6 Å². The third-order valence-corrected chi connectivity index (χ3v) is 3.26. The van der Waals surface area contributed by atoms with Crippen LogP contribution in [0.4, 0.5) is 0 Å². The molecule has 1 heterocycles. The summed E-state index contributed by atoms with van der Waals surface area (Å²) in [5.41, 5.74) is 3.44. The first-order valence-electron chi connectivity index (χ1n) is 5.43. The summed E-state index contributed by atoms with van der Waals surface area (Å²) >= 11 is 6.06. The van der Waals surface area contributed by atoms with Crippen LogP contribution in [0.3, 0.4) is 0 Å². The van der Waals surface area contributed by atoms with Crippen LogP contribution < -0.4 is 0 Å².